The first kappa shape index (κ1) is 9.30. The van der Waals surface area contributed by atoms with Gasteiger partial charge in [-0.15, -0.1) is 6.42 Å². The molecular weight excluding hydrogens is 170 g/mol. The molecule has 72 valence electrons. The molecule has 1 aromatic carbocycles. The van der Waals surface area contributed by atoms with E-state index in [1.165, 1.54) is 36.0 Å². The Labute approximate surface area is 85.5 Å². The van der Waals surface area contributed by atoms with Crippen LogP contribution < -0.4 is 5.32 Å². The fraction of sp³-hybridized carbons (Fsp3) is 0.385. The predicted molar refractivity (Wildman–Crippen MR) is 59.1 cm³/mol. The lowest BCUT2D eigenvalue weighted by Gasteiger charge is -2.11. The zero-order chi connectivity index (χ0) is 9.97. The molecule has 1 aliphatic rings. The van der Waals surface area contributed by atoms with Crippen LogP contribution in [0.15, 0.2) is 18.2 Å². The highest BCUT2D eigenvalue weighted by atomic mass is 14.9. The van der Waals surface area contributed by atoms with Gasteiger partial charge < -0.3 is 5.32 Å². The third kappa shape index (κ3) is 1.54. The van der Waals surface area contributed by atoms with Crippen molar-refractivity contribution in [2.45, 2.75) is 25.3 Å². The molecule has 1 N–H and O–H groups in total. The van der Waals surface area contributed by atoms with Crippen LogP contribution in [0.2, 0.25) is 0 Å². The lowest BCUT2D eigenvalue weighted by molar-refractivity contribution is 0.735. The van der Waals surface area contributed by atoms with Crippen LogP contribution in [-0.2, 0) is 12.8 Å². The lowest BCUT2D eigenvalue weighted by Crippen LogP contribution is -2.14. The first-order valence-electron chi connectivity index (χ1n) is 5.10. The molecule has 1 unspecified atom stereocenters. The highest BCUT2D eigenvalue weighted by molar-refractivity contribution is 5.38. The quantitative estimate of drug-likeness (QED) is 0.695. The molecular formula is C13H15N. The molecule has 0 bridgehead atoms. The summed E-state index contributed by atoms with van der Waals surface area (Å²) in [6.45, 7) is 0. The zero-order valence-electron chi connectivity index (χ0n) is 8.51. The van der Waals surface area contributed by atoms with E-state index in [2.05, 4.69) is 29.4 Å². The van der Waals surface area contributed by atoms with Gasteiger partial charge in [0.2, 0.25) is 0 Å². The lowest BCUT2D eigenvalue weighted by atomic mass is 10.0. The normalized spacial score (nSPS) is 16.0. The molecule has 14 heavy (non-hydrogen) atoms. The Kier molecular flexibility index (Phi) is 2.56. The minimum absolute atomic E-state index is 0.0564. The molecule has 0 aromatic heterocycles. The van der Waals surface area contributed by atoms with Crippen molar-refractivity contribution in [3.63, 3.8) is 0 Å². The van der Waals surface area contributed by atoms with Crippen molar-refractivity contribution >= 4 is 0 Å². The van der Waals surface area contributed by atoms with Crippen LogP contribution in [0.4, 0.5) is 0 Å². The first-order chi connectivity index (χ1) is 6.85. The van der Waals surface area contributed by atoms with Crippen LogP contribution in [0.1, 0.15) is 29.2 Å². The summed E-state index contributed by atoms with van der Waals surface area (Å²) in [4.78, 5) is 0. The summed E-state index contributed by atoms with van der Waals surface area (Å²) in [5.74, 6) is 2.75. The Morgan fingerprint density at radius 1 is 1.36 bits per heavy atom. The van der Waals surface area contributed by atoms with E-state index >= 15 is 0 Å². The Bertz CT molecular complexity index is 373. The number of benzene rings is 1. The first-order valence-corrected chi connectivity index (χ1v) is 5.10. The summed E-state index contributed by atoms with van der Waals surface area (Å²) in [5.41, 5.74) is 4.20. The Morgan fingerprint density at radius 2 is 2.14 bits per heavy atom. The van der Waals surface area contributed by atoms with E-state index in [0.29, 0.717) is 0 Å². The molecule has 0 saturated heterocycles. The maximum Gasteiger partial charge on any atom is 0.0940 e. The molecule has 0 amide bonds. The van der Waals surface area contributed by atoms with Gasteiger partial charge in [0.1, 0.15) is 0 Å². The smallest absolute Gasteiger partial charge is 0.0940 e. The zero-order valence-corrected chi connectivity index (χ0v) is 8.51. The van der Waals surface area contributed by atoms with Crippen molar-refractivity contribution in [1.82, 2.24) is 5.32 Å². The Morgan fingerprint density at radius 3 is 2.86 bits per heavy atom. The van der Waals surface area contributed by atoms with Gasteiger partial charge in [0.05, 0.1) is 6.04 Å². The van der Waals surface area contributed by atoms with Gasteiger partial charge >= 0.3 is 0 Å². The van der Waals surface area contributed by atoms with Crippen LogP contribution in [0.3, 0.4) is 0 Å². The maximum atomic E-state index is 5.45. The number of hydrogen-bond acceptors (Lipinski definition) is 1. The molecule has 0 fully saturated rings. The van der Waals surface area contributed by atoms with Crippen LogP contribution in [0.5, 0.6) is 0 Å². The summed E-state index contributed by atoms with van der Waals surface area (Å²) in [5, 5.41) is 3.12. The van der Waals surface area contributed by atoms with E-state index in [-0.39, 0.29) is 6.04 Å². The highest BCUT2D eigenvalue weighted by Gasteiger charge is 2.13. The molecule has 0 aliphatic heterocycles. The minimum atomic E-state index is 0.0564. The SMILES string of the molecule is C#CC(NC)c1ccc2c(c1)CCC2. The number of hydrogen-bond donors (Lipinski definition) is 1. The fourth-order valence-electron chi connectivity index (χ4n) is 2.12. The number of fused-ring (bicyclic) bond motifs is 1. The van der Waals surface area contributed by atoms with Gasteiger partial charge in [-0.05, 0) is 43.0 Å². The summed E-state index contributed by atoms with van der Waals surface area (Å²) < 4.78 is 0. The molecule has 2 rings (SSSR count). The molecule has 1 nitrogen and oxygen atoms in total. The molecule has 0 spiro atoms. The van der Waals surface area contributed by atoms with Crippen molar-refractivity contribution in [3.05, 3.63) is 34.9 Å². The van der Waals surface area contributed by atoms with E-state index < -0.39 is 0 Å². The van der Waals surface area contributed by atoms with Crippen LogP contribution in [0.25, 0.3) is 0 Å². The largest absolute Gasteiger partial charge is 0.303 e. The summed E-state index contributed by atoms with van der Waals surface area (Å²) in [7, 11) is 1.90. The van der Waals surface area contributed by atoms with E-state index in [1.807, 2.05) is 7.05 Å². The molecule has 0 heterocycles. The van der Waals surface area contributed by atoms with Gasteiger partial charge in [0.25, 0.3) is 0 Å². The molecule has 1 heteroatoms. The average molecular weight is 185 g/mol. The van der Waals surface area contributed by atoms with Gasteiger partial charge in [-0.1, -0.05) is 24.1 Å². The van der Waals surface area contributed by atoms with E-state index in [1.54, 1.807) is 0 Å². The maximum absolute atomic E-state index is 5.45. The van der Waals surface area contributed by atoms with Gasteiger partial charge in [0.15, 0.2) is 0 Å². The van der Waals surface area contributed by atoms with E-state index in [9.17, 15) is 0 Å². The second-order valence-corrected chi connectivity index (χ2v) is 3.77. The van der Waals surface area contributed by atoms with Crippen LogP contribution in [-0.4, -0.2) is 7.05 Å². The van der Waals surface area contributed by atoms with Crippen molar-refractivity contribution in [1.29, 1.82) is 0 Å². The minimum Gasteiger partial charge on any atom is -0.303 e. The van der Waals surface area contributed by atoms with Crippen molar-refractivity contribution in [2.75, 3.05) is 7.05 Å². The van der Waals surface area contributed by atoms with Gasteiger partial charge in [-0.2, -0.15) is 0 Å². The number of rotatable bonds is 2. The predicted octanol–water partition coefficient (Wildman–Crippen LogP) is 2.07. The van der Waals surface area contributed by atoms with Gasteiger partial charge in [-0.3, -0.25) is 0 Å². The second kappa shape index (κ2) is 3.86. The standard InChI is InChI=1S/C13H15N/c1-3-13(14-2)12-8-7-10-5-4-6-11(10)9-12/h1,7-9,13-14H,4-6H2,2H3. The summed E-state index contributed by atoms with van der Waals surface area (Å²) >= 11 is 0. The third-order valence-electron chi connectivity index (χ3n) is 2.91. The van der Waals surface area contributed by atoms with Gasteiger partial charge in [0, 0.05) is 0 Å². The van der Waals surface area contributed by atoms with E-state index in [4.69, 9.17) is 6.42 Å². The van der Waals surface area contributed by atoms with Crippen molar-refractivity contribution in [3.8, 4) is 12.3 Å². The monoisotopic (exact) mass is 185 g/mol. The average Bonchev–Trinajstić information content (AvgIpc) is 2.66. The third-order valence-corrected chi connectivity index (χ3v) is 2.91. The van der Waals surface area contributed by atoms with Crippen LogP contribution >= 0.6 is 0 Å². The van der Waals surface area contributed by atoms with Gasteiger partial charge in [-0.25, -0.2) is 0 Å². The number of terminal acetylenes is 1. The van der Waals surface area contributed by atoms with E-state index in [0.717, 1.165) is 0 Å². The molecule has 1 atom stereocenters. The fourth-order valence-corrected chi connectivity index (χ4v) is 2.12. The highest BCUT2D eigenvalue weighted by Crippen LogP contribution is 2.25. The topological polar surface area (TPSA) is 12.0 Å². The van der Waals surface area contributed by atoms with Crippen molar-refractivity contribution in [2.24, 2.45) is 0 Å². The Hall–Kier alpha value is -1.26. The number of aryl methyl sites for hydroxylation is 2. The molecule has 0 radical (unpaired) electrons. The molecule has 0 saturated carbocycles. The molecule has 1 aromatic rings. The molecule has 1 aliphatic carbocycles. The Balaban J connectivity index is 2.33. The van der Waals surface area contributed by atoms with Crippen LogP contribution in [0, 0.1) is 12.3 Å². The van der Waals surface area contributed by atoms with Crippen molar-refractivity contribution < 1.29 is 0 Å². The summed E-state index contributed by atoms with van der Waals surface area (Å²) in [6, 6.07) is 6.68. The number of nitrogens with one attached hydrogen (secondary N) is 1. The second-order valence-electron chi connectivity index (χ2n) is 3.77. The summed E-state index contributed by atoms with van der Waals surface area (Å²) in [6.07, 6.45) is 9.18.